The fourth-order valence-electron chi connectivity index (χ4n) is 2.84. The second-order valence-corrected chi connectivity index (χ2v) is 6.93. The number of rotatable bonds is 5. The van der Waals surface area contributed by atoms with Gasteiger partial charge in [-0.2, -0.15) is 0 Å². The summed E-state index contributed by atoms with van der Waals surface area (Å²) in [7, 11) is 0. The predicted molar refractivity (Wildman–Crippen MR) is 99.3 cm³/mol. The first-order chi connectivity index (χ1) is 12.0. The van der Waals surface area contributed by atoms with E-state index in [9.17, 15) is 4.79 Å². The van der Waals surface area contributed by atoms with Crippen LogP contribution < -0.4 is 0 Å². The van der Waals surface area contributed by atoms with E-state index in [-0.39, 0.29) is 5.97 Å². The summed E-state index contributed by atoms with van der Waals surface area (Å²) in [5.74, 6) is -0.340. The number of aromatic nitrogens is 3. The zero-order valence-corrected chi connectivity index (χ0v) is 15.8. The molecule has 0 fully saturated rings. The van der Waals surface area contributed by atoms with Crippen LogP contribution in [-0.4, -0.2) is 27.3 Å². The highest BCUT2D eigenvalue weighted by Gasteiger charge is 2.25. The molecule has 5 nitrogen and oxygen atoms in total. The highest BCUT2D eigenvalue weighted by atomic mass is 35.5. The average molecular weight is 376 g/mol. The number of hydrogen-bond donors (Lipinski definition) is 0. The second kappa shape index (κ2) is 7.37. The maximum Gasteiger partial charge on any atom is 0.355 e. The molecule has 0 spiro atoms. The van der Waals surface area contributed by atoms with Gasteiger partial charge in [0.25, 0.3) is 0 Å². The maximum atomic E-state index is 12.7. The Kier molecular flexibility index (Phi) is 5.20. The Bertz CT molecular complexity index is 886. The molecule has 25 heavy (non-hydrogen) atoms. The molecule has 0 N–H and O–H groups in total. The SMILES string of the molecule is CCOC(=O)c1c(-c2ccc(Cl)cc2)c(C)c(C)n1Cc1nncs1. The summed E-state index contributed by atoms with van der Waals surface area (Å²) in [6, 6.07) is 7.48. The normalized spacial score (nSPS) is 10.9. The van der Waals surface area contributed by atoms with E-state index in [1.165, 1.54) is 11.3 Å². The van der Waals surface area contributed by atoms with E-state index in [4.69, 9.17) is 16.3 Å². The highest BCUT2D eigenvalue weighted by Crippen LogP contribution is 2.34. The standard InChI is InChI=1S/C18H18ClN3O2S/c1-4-24-18(23)17-16(13-5-7-14(19)8-6-13)11(2)12(3)22(17)9-15-21-20-10-25-15/h5-8,10H,4,9H2,1-3H3. The molecule has 0 radical (unpaired) electrons. The van der Waals surface area contributed by atoms with Crippen LogP contribution in [0, 0.1) is 13.8 Å². The van der Waals surface area contributed by atoms with E-state index in [1.807, 2.05) is 42.7 Å². The van der Waals surface area contributed by atoms with E-state index in [0.29, 0.717) is 23.9 Å². The smallest absolute Gasteiger partial charge is 0.355 e. The summed E-state index contributed by atoms with van der Waals surface area (Å²) in [5.41, 5.74) is 6.07. The third-order valence-corrected chi connectivity index (χ3v) is 5.06. The molecule has 2 aromatic heterocycles. The molecule has 3 rings (SSSR count). The summed E-state index contributed by atoms with van der Waals surface area (Å²) in [6.07, 6.45) is 0. The van der Waals surface area contributed by atoms with Gasteiger partial charge in [0.2, 0.25) is 0 Å². The number of halogens is 1. The largest absolute Gasteiger partial charge is 0.461 e. The number of benzene rings is 1. The molecule has 0 bridgehead atoms. The van der Waals surface area contributed by atoms with Crippen molar-refractivity contribution >= 4 is 28.9 Å². The molecule has 0 saturated heterocycles. The molecule has 2 heterocycles. The highest BCUT2D eigenvalue weighted by molar-refractivity contribution is 7.09. The quantitative estimate of drug-likeness (QED) is 0.616. The number of ether oxygens (including phenoxy) is 1. The monoisotopic (exact) mass is 375 g/mol. The lowest BCUT2D eigenvalue weighted by Crippen LogP contribution is -2.15. The Balaban J connectivity index is 2.19. The Hall–Kier alpha value is -2.18. The molecule has 7 heteroatoms. The van der Waals surface area contributed by atoms with Gasteiger partial charge in [0.1, 0.15) is 16.2 Å². The topological polar surface area (TPSA) is 57.0 Å². The van der Waals surface area contributed by atoms with Crippen molar-refractivity contribution in [3.8, 4) is 11.1 Å². The molecule has 0 aliphatic rings. The lowest BCUT2D eigenvalue weighted by Gasteiger charge is -2.11. The molecular formula is C18H18ClN3O2S. The van der Waals surface area contributed by atoms with Crippen LogP contribution in [0.25, 0.3) is 11.1 Å². The molecule has 0 saturated carbocycles. The summed E-state index contributed by atoms with van der Waals surface area (Å²) < 4.78 is 7.28. The summed E-state index contributed by atoms with van der Waals surface area (Å²) in [6.45, 7) is 6.62. The van der Waals surface area contributed by atoms with Crippen molar-refractivity contribution in [1.82, 2.24) is 14.8 Å². The molecule has 3 aromatic rings. The maximum absolute atomic E-state index is 12.7. The Morgan fingerprint density at radius 2 is 2.00 bits per heavy atom. The number of carbonyl (C=O) groups is 1. The first-order valence-electron chi connectivity index (χ1n) is 7.90. The molecule has 130 valence electrons. The second-order valence-electron chi connectivity index (χ2n) is 5.58. The minimum atomic E-state index is -0.340. The first-order valence-corrected chi connectivity index (χ1v) is 9.16. The van der Waals surface area contributed by atoms with Crippen molar-refractivity contribution in [3.05, 3.63) is 56.8 Å². The van der Waals surface area contributed by atoms with Gasteiger partial charge in [-0.15, -0.1) is 21.5 Å². The third-order valence-electron chi connectivity index (χ3n) is 4.13. The molecule has 1 aromatic carbocycles. The molecule has 0 atom stereocenters. The van der Waals surface area contributed by atoms with Crippen molar-refractivity contribution < 1.29 is 9.53 Å². The van der Waals surface area contributed by atoms with E-state index in [2.05, 4.69) is 10.2 Å². The zero-order valence-electron chi connectivity index (χ0n) is 14.2. The van der Waals surface area contributed by atoms with Gasteiger partial charge in [-0.25, -0.2) is 4.79 Å². The number of hydrogen-bond acceptors (Lipinski definition) is 5. The average Bonchev–Trinajstić information content (AvgIpc) is 3.18. The van der Waals surface area contributed by atoms with Crippen LogP contribution in [0.15, 0.2) is 29.8 Å². The molecule has 0 amide bonds. The van der Waals surface area contributed by atoms with Crippen LogP contribution in [0.4, 0.5) is 0 Å². The first kappa shape index (κ1) is 17.6. The van der Waals surface area contributed by atoms with Crippen LogP contribution in [-0.2, 0) is 11.3 Å². The molecule has 0 aliphatic heterocycles. The van der Waals surface area contributed by atoms with E-state index in [0.717, 1.165) is 27.4 Å². The Morgan fingerprint density at radius 1 is 1.28 bits per heavy atom. The minimum Gasteiger partial charge on any atom is -0.461 e. The van der Waals surface area contributed by atoms with Crippen molar-refractivity contribution in [2.24, 2.45) is 0 Å². The summed E-state index contributed by atoms with van der Waals surface area (Å²) in [4.78, 5) is 12.7. The third kappa shape index (κ3) is 3.45. The summed E-state index contributed by atoms with van der Waals surface area (Å²) >= 11 is 7.47. The Labute approximate surface area is 155 Å². The van der Waals surface area contributed by atoms with Gasteiger partial charge in [0.15, 0.2) is 0 Å². The van der Waals surface area contributed by atoms with Crippen molar-refractivity contribution in [2.75, 3.05) is 6.61 Å². The lowest BCUT2D eigenvalue weighted by molar-refractivity contribution is 0.0515. The van der Waals surface area contributed by atoms with Crippen LogP contribution in [0.2, 0.25) is 5.02 Å². The number of nitrogens with zero attached hydrogens (tertiary/aromatic N) is 3. The van der Waals surface area contributed by atoms with E-state index in [1.54, 1.807) is 12.4 Å². The van der Waals surface area contributed by atoms with Gasteiger partial charge in [0.05, 0.1) is 13.2 Å². The number of carbonyl (C=O) groups excluding carboxylic acids is 1. The van der Waals surface area contributed by atoms with Crippen molar-refractivity contribution in [2.45, 2.75) is 27.3 Å². The molecular weight excluding hydrogens is 358 g/mol. The number of esters is 1. The molecule has 0 unspecified atom stereocenters. The Morgan fingerprint density at radius 3 is 2.60 bits per heavy atom. The zero-order chi connectivity index (χ0) is 18.0. The van der Waals surface area contributed by atoms with Crippen LogP contribution in [0.3, 0.4) is 0 Å². The van der Waals surface area contributed by atoms with Crippen molar-refractivity contribution in [3.63, 3.8) is 0 Å². The van der Waals surface area contributed by atoms with Crippen molar-refractivity contribution in [1.29, 1.82) is 0 Å². The van der Waals surface area contributed by atoms with Crippen LogP contribution in [0.1, 0.15) is 33.7 Å². The fourth-order valence-corrected chi connectivity index (χ4v) is 3.48. The van der Waals surface area contributed by atoms with Gasteiger partial charge >= 0.3 is 5.97 Å². The van der Waals surface area contributed by atoms with Gasteiger partial charge in [-0.3, -0.25) is 0 Å². The minimum absolute atomic E-state index is 0.320. The van der Waals surface area contributed by atoms with Crippen LogP contribution in [0.5, 0.6) is 0 Å². The summed E-state index contributed by atoms with van der Waals surface area (Å²) in [5, 5.41) is 9.48. The van der Waals surface area contributed by atoms with Gasteiger partial charge in [-0.1, -0.05) is 23.7 Å². The van der Waals surface area contributed by atoms with Gasteiger partial charge in [-0.05, 0) is 44.0 Å². The van der Waals surface area contributed by atoms with E-state index >= 15 is 0 Å². The molecule has 0 aliphatic carbocycles. The lowest BCUT2D eigenvalue weighted by atomic mass is 10.0. The predicted octanol–water partition coefficient (Wildman–Crippen LogP) is 4.50. The van der Waals surface area contributed by atoms with Gasteiger partial charge in [0, 0.05) is 16.3 Å². The fraction of sp³-hybridized carbons (Fsp3) is 0.278. The van der Waals surface area contributed by atoms with Crippen LogP contribution >= 0.6 is 22.9 Å². The van der Waals surface area contributed by atoms with Gasteiger partial charge < -0.3 is 9.30 Å². The van der Waals surface area contributed by atoms with E-state index < -0.39 is 0 Å².